The zero-order valence-corrected chi connectivity index (χ0v) is 12.4. The highest BCUT2D eigenvalue weighted by Gasteiger charge is 2.12. The molecule has 0 aliphatic rings. The number of hydrogen-bond acceptors (Lipinski definition) is 1. The Morgan fingerprint density at radius 1 is 1.10 bits per heavy atom. The first-order valence-electron chi connectivity index (χ1n) is 6.71. The molecule has 0 radical (unpaired) electrons. The quantitative estimate of drug-likeness (QED) is 0.875. The SMILES string of the molecule is CCc1ccc(CC)c(-c2ccc(Cl)c(C(=O)O)c2)c1. The normalized spacial score (nSPS) is 10.6. The smallest absolute Gasteiger partial charge is 0.337 e. The summed E-state index contributed by atoms with van der Waals surface area (Å²) in [7, 11) is 0. The molecule has 0 saturated heterocycles. The Kier molecular flexibility index (Phi) is 4.46. The van der Waals surface area contributed by atoms with E-state index in [1.165, 1.54) is 11.1 Å². The van der Waals surface area contributed by atoms with Crippen LogP contribution >= 0.6 is 11.6 Å². The summed E-state index contributed by atoms with van der Waals surface area (Å²) in [5.41, 5.74) is 4.59. The summed E-state index contributed by atoms with van der Waals surface area (Å²) in [6.07, 6.45) is 1.86. The van der Waals surface area contributed by atoms with Gasteiger partial charge in [0.2, 0.25) is 0 Å². The molecule has 1 N–H and O–H groups in total. The maximum Gasteiger partial charge on any atom is 0.337 e. The van der Waals surface area contributed by atoms with Crippen LogP contribution in [-0.4, -0.2) is 11.1 Å². The van der Waals surface area contributed by atoms with Crippen molar-refractivity contribution in [3.8, 4) is 11.1 Å². The maximum absolute atomic E-state index is 11.2. The topological polar surface area (TPSA) is 37.3 Å². The molecule has 0 aliphatic carbocycles. The standard InChI is InChI=1S/C17H17ClO2/c1-3-11-5-6-12(4-2)14(9-11)13-7-8-16(18)15(10-13)17(19)20/h5-10H,3-4H2,1-2H3,(H,19,20). The molecule has 2 aromatic rings. The highest BCUT2D eigenvalue weighted by atomic mass is 35.5. The predicted octanol–water partition coefficient (Wildman–Crippen LogP) is 4.83. The zero-order chi connectivity index (χ0) is 14.7. The summed E-state index contributed by atoms with van der Waals surface area (Å²) >= 11 is 5.93. The summed E-state index contributed by atoms with van der Waals surface area (Å²) in [4.78, 5) is 11.2. The largest absolute Gasteiger partial charge is 0.478 e. The molecule has 20 heavy (non-hydrogen) atoms. The Morgan fingerprint density at radius 2 is 1.85 bits per heavy atom. The first kappa shape index (κ1) is 14.6. The molecule has 2 aromatic carbocycles. The minimum atomic E-state index is -0.999. The summed E-state index contributed by atoms with van der Waals surface area (Å²) in [5, 5.41) is 9.45. The number of carboxylic acid groups (broad SMARTS) is 1. The van der Waals surface area contributed by atoms with Gasteiger partial charge in [-0.05, 0) is 47.2 Å². The molecule has 0 amide bonds. The van der Waals surface area contributed by atoms with Gasteiger partial charge in [0.15, 0.2) is 0 Å². The Labute approximate surface area is 124 Å². The highest BCUT2D eigenvalue weighted by molar-refractivity contribution is 6.33. The van der Waals surface area contributed by atoms with Crippen LogP contribution in [-0.2, 0) is 12.8 Å². The van der Waals surface area contributed by atoms with Crippen molar-refractivity contribution >= 4 is 17.6 Å². The average molecular weight is 289 g/mol. The van der Waals surface area contributed by atoms with Crippen LogP contribution in [0.4, 0.5) is 0 Å². The maximum atomic E-state index is 11.2. The van der Waals surface area contributed by atoms with Crippen molar-refractivity contribution in [3.05, 3.63) is 58.1 Å². The van der Waals surface area contributed by atoms with Crippen molar-refractivity contribution in [1.82, 2.24) is 0 Å². The van der Waals surface area contributed by atoms with E-state index < -0.39 is 5.97 Å². The minimum Gasteiger partial charge on any atom is -0.478 e. The molecule has 0 atom stereocenters. The van der Waals surface area contributed by atoms with E-state index in [9.17, 15) is 9.90 Å². The number of hydrogen-bond donors (Lipinski definition) is 1. The van der Waals surface area contributed by atoms with Gasteiger partial charge in [-0.3, -0.25) is 0 Å². The number of halogens is 1. The van der Waals surface area contributed by atoms with Crippen LogP contribution in [0.5, 0.6) is 0 Å². The minimum absolute atomic E-state index is 0.146. The Hall–Kier alpha value is -1.80. The molecule has 0 unspecified atom stereocenters. The monoisotopic (exact) mass is 288 g/mol. The van der Waals surface area contributed by atoms with Gasteiger partial charge in [-0.25, -0.2) is 4.79 Å². The van der Waals surface area contributed by atoms with E-state index in [1.807, 2.05) is 6.07 Å². The van der Waals surface area contributed by atoms with Gasteiger partial charge < -0.3 is 5.11 Å². The van der Waals surface area contributed by atoms with Gasteiger partial charge in [-0.1, -0.05) is 49.7 Å². The molecular formula is C17H17ClO2. The van der Waals surface area contributed by atoms with E-state index in [4.69, 9.17) is 11.6 Å². The van der Waals surface area contributed by atoms with Crippen LogP contribution in [0.15, 0.2) is 36.4 Å². The molecule has 0 aliphatic heterocycles. The molecule has 2 nitrogen and oxygen atoms in total. The molecule has 2 rings (SSSR count). The van der Waals surface area contributed by atoms with Gasteiger partial charge in [0.05, 0.1) is 10.6 Å². The second kappa shape index (κ2) is 6.10. The van der Waals surface area contributed by atoms with E-state index in [-0.39, 0.29) is 10.6 Å². The second-order valence-electron chi connectivity index (χ2n) is 4.70. The van der Waals surface area contributed by atoms with E-state index in [1.54, 1.807) is 12.1 Å². The van der Waals surface area contributed by atoms with Crippen molar-refractivity contribution < 1.29 is 9.90 Å². The Morgan fingerprint density at radius 3 is 2.45 bits per heavy atom. The molecule has 104 valence electrons. The second-order valence-corrected chi connectivity index (χ2v) is 5.11. The summed E-state index contributed by atoms with van der Waals surface area (Å²) in [6, 6.07) is 11.5. The first-order chi connectivity index (χ1) is 9.56. The summed E-state index contributed by atoms with van der Waals surface area (Å²) in [5.74, 6) is -0.999. The Balaban J connectivity index is 2.61. The number of rotatable bonds is 4. The zero-order valence-electron chi connectivity index (χ0n) is 11.6. The van der Waals surface area contributed by atoms with Gasteiger partial charge in [0, 0.05) is 0 Å². The van der Waals surface area contributed by atoms with E-state index in [0.29, 0.717) is 0 Å². The van der Waals surface area contributed by atoms with Crippen molar-refractivity contribution in [2.45, 2.75) is 26.7 Å². The van der Waals surface area contributed by atoms with E-state index in [0.717, 1.165) is 24.0 Å². The first-order valence-corrected chi connectivity index (χ1v) is 7.09. The van der Waals surface area contributed by atoms with Gasteiger partial charge in [0.25, 0.3) is 0 Å². The fraction of sp³-hybridized carbons (Fsp3) is 0.235. The Bertz CT molecular complexity index is 647. The fourth-order valence-electron chi connectivity index (χ4n) is 2.28. The third-order valence-electron chi connectivity index (χ3n) is 3.47. The van der Waals surface area contributed by atoms with Crippen molar-refractivity contribution in [3.63, 3.8) is 0 Å². The predicted molar refractivity (Wildman–Crippen MR) is 82.6 cm³/mol. The molecule has 0 bridgehead atoms. The van der Waals surface area contributed by atoms with Gasteiger partial charge in [0.1, 0.15) is 0 Å². The van der Waals surface area contributed by atoms with Gasteiger partial charge >= 0.3 is 5.97 Å². The van der Waals surface area contributed by atoms with E-state index >= 15 is 0 Å². The highest BCUT2D eigenvalue weighted by Crippen LogP contribution is 2.29. The van der Waals surface area contributed by atoms with Crippen molar-refractivity contribution in [2.75, 3.05) is 0 Å². The third-order valence-corrected chi connectivity index (χ3v) is 3.80. The number of carboxylic acids is 1. The third kappa shape index (κ3) is 2.86. The van der Waals surface area contributed by atoms with E-state index in [2.05, 4.69) is 32.0 Å². The lowest BCUT2D eigenvalue weighted by Gasteiger charge is -2.11. The van der Waals surface area contributed by atoms with Crippen molar-refractivity contribution in [2.24, 2.45) is 0 Å². The molecule has 0 fully saturated rings. The fourth-order valence-corrected chi connectivity index (χ4v) is 2.48. The van der Waals surface area contributed by atoms with Crippen LogP contribution in [0.25, 0.3) is 11.1 Å². The van der Waals surface area contributed by atoms with Gasteiger partial charge in [-0.2, -0.15) is 0 Å². The number of aromatic carboxylic acids is 1. The molecule has 0 aromatic heterocycles. The van der Waals surface area contributed by atoms with Gasteiger partial charge in [-0.15, -0.1) is 0 Å². The number of aryl methyl sites for hydroxylation is 2. The van der Waals surface area contributed by atoms with Crippen LogP contribution in [0.3, 0.4) is 0 Å². The molecule has 0 heterocycles. The summed E-state index contributed by atoms with van der Waals surface area (Å²) < 4.78 is 0. The number of benzene rings is 2. The average Bonchev–Trinajstić information content (AvgIpc) is 2.46. The number of carbonyl (C=O) groups is 1. The van der Waals surface area contributed by atoms with Crippen molar-refractivity contribution in [1.29, 1.82) is 0 Å². The molecule has 3 heteroatoms. The van der Waals surface area contributed by atoms with Crippen LogP contribution in [0.2, 0.25) is 5.02 Å². The van der Waals surface area contributed by atoms with Crippen LogP contribution < -0.4 is 0 Å². The molecular weight excluding hydrogens is 272 g/mol. The van der Waals surface area contributed by atoms with Crippen LogP contribution in [0.1, 0.15) is 35.3 Å². The molecule has 0 spiro atoms. The summed E-state index contributed by atoms with van der Waals surface area (Å²) in [6.45, 7) is 4.20. The lowest BCUT2D eigenvalue weighted by atomic mass is 9.94. The molecule has 0 saturated carbocycles. The lowest BCUT2D eigenvalue weighted by molar-refractivity contribution is 0.0697. The lowest BCUT2D eigenvalue weighted by Crippen LogP contribution is -1.98. The van der Waals surface area contributed by atoms with Crippen LogP contribution in [0, 0.1) is 0 Å².